The Labute approximate surface area is 96.4 Å². The van der Waals surface area contributed by atoms with Gasteiger partial charge in [0.25, 0.3) is 0 Å². The van der Waals surface area contributed by atoms with Crippen LogP contribution in [0.15, 0.2) is 12.1 Å². The molecule has 0 aliphatic heterocycles. The molecule has 0 aliphatic rings. The Hall–Kier alpha value is -0.520. The summed E-state index contributed by atoms with van der Waals surface area (Å²) in [6, 6.07) is 2.26. The van der Waals surface area contributed by atoms with Crippen molar-refractivity contribution >= 4 is 44.8 Å². The minimum Gasteiger partial charge on any atom is -0.224 e. The smallest absolute Gasteiger partial charge is 0.224 e. The second-order valence-electron chi connectivity index (χ2n) is 2.76. The molecule has 80 valence electrons. The molecule has 1 nitrogen and oxygen atoms in total. The lowest BCUT2D eigenvalue weighted by Gasteiger charge is -2.07. The van der Waals surface area contributed by atoms with Crippen LogP contribution in [0, 0.1) is 0 Å². The van der Waals surface area contributed by atoms with Crippen LogP contribution in [0.4, 0.5) is 13.2 Å². The van der Waals surface area contributed by atoms with Gasteiger partial charge in [-0.25, -0.2) is 4.98 Å². The van der Waals surface area contributed by atoms with E-state index in [9.17, 15) is 13.2 Å². The molecular formula is C8H2Cl2F3NS. The SMILES string of the molecule is FC(F)(F)c1cc(Cl)cc2sc(Cl)nc12. The molecule has 0 atom stereocenters. The maximum absolute atomic E-state index is 12.6. The van der Waals surface area contributed by atoms with E-state index >= 15 is 0 Å². The fraction of sp³-hybridized carbons (Fsp3) is 0.125. The van der Waals surface area contributed by atoms with Crippen molar-refractivity contribution in [1.29, 1.82) is 0 Å². The first kappa shape index (κ1) is 11.0. The van der Waals surface area contributed by atoms with E-state index in [0.29, 0.717) is 4.70 Å². The Morgan fingerprint density at radius 2 is 1.87 bits per heavy atom. The highest BCUT2D eigenvalue weighted by molar-refractivity contribution is 7.22. The molecule has 1 aromatic carbocycles. The lowest BCUT2D eigenvalue weighted by Crippen LogP contribution is -2.05. The number of fused-ring (bicyclic) bond motifs is 1. The summed E-state index contributed by atoms with van der Waals surface area (Å²) in [5, 5.41) is 0.0233. The molecule has 0 aliphatic carbocycles. The second-order valence-corrected chi connectivity index (χ2v) is 4.81. The molecule has 1 aromatic heterocycles. The van der Waals surface area contributed by atoms with Crippen molar-refractivity contribution in [3.8, 4) is 0 Å². The number of thiazole rings is 1. The summed E-state index contributed by atoms with van der Waals surface area (Å²) >= 11 is 12.1. The van der Waals surface area contributed by atoms with E-state index in [-0.39, 0.29) is 15.0 Å². The summed E-state index contributed by atoms with van der Waals surface area (Å²) < 4.78 is 38.1. The molecule has 0 spiro atoms. The van der Waals surface area contributed by atoms with Gasteiger partial charge in [0, 0.05) is 5.02 Å². The Morgan fingerprint density at radius 3 is 2.47 bits per heavy atom. The van der Waals surface area contributed by atoms with Gasteiger partial charge in [-0.3, -0.25) is 0 Å². The highest BCUT2D eigenvalue weighted by Crippen LogP contribution is 2.39. The van der Waals surface area contributed by atoms with Gasteiger partial charge in [0.15, 0.2) is 4.47 Å². The van der Waals surface area contributed by atoms with Crippen LogP contribution >= 0.6 is 34.5 Å². The largest absolute Gasteiger partial charge is 0.418 e. The highest BCUT2D eigenvalue weighted by Gasteiger charge is 2.34. The van der Waals surface area contributed by atoms with Crippen molar-refractivity contribution in [2.24, 2.45) is 0 Å². The lowest BCUT2D eigenvalue weighted by molar-refractivity contribution is -0.136. The van der Waals surface area contributed by atoms with Crippen LogP contribution in [0.3, 0.4) is 0 Å². The van der Waals surface area contributed by atoms with Crippen molar-refractivity contribution in [3.05, 3.63) is 27.2 Å². The molecule has 0 amide bonds. The standard InChI is InChI=1S/C8H2Cl2F3NS/c9-3-1-4(8(11,12)13)6-5(2-3)15-7(10)14-6/h1-2H. The fourth-order valence-electron chi connectivity index (χ4n) is 1.18. The lowest BCUT2D eigenvalue weighted by atomic mass is 10.2. The number of hydrogen-bond donors (Lipinski definition) is 0. The minimum absolute atomic E-state index is 0.0233. The van der Waals surface area contributed by atoms with E-state index in [1.165, 1.54) is 6.07 Å². The van der Waals surface area contributed by atoms with Gasteiger partial charge >= 0.3 is 6.18 Å². The maximum atomic E-state index is 12.6. The van der Waals surface area contributed by atoms with Crippen molar-refractivity contribution in [1.82, 2.24) is 4.98 Å². The third-order valence-corrected chi connectivity index (χ3v) is 3.06. The zero-order valence-corrected chi connectivity index (χ0v) is 9.23. The zero-order valence-electron chi connectivity index (χ0n) is 6.90. The third-order valence-electron chi connectivity index (χ3n) is 1.74. The number of benzene rings is 1. The van der Waals surface area contributed by atoms with Crippen LogP contribution in [-0.2, 0) is 6.18 Å². The fourth-order valence-corrected chi connectivity index (χ4v) is 2.56. The number of nitrogens with zero attached hydrogens (tertiary/aromatic N) is 1. The predicted octanol–water partition coefficient (Wildman–Crippen LogP) is 4.62. The van der Waals surface area contributed by atoms with Gasteiger partial charge in [-0.1, -0.05) is 23.2 Å². The maximum Gasteiger partial charge on any atom is 0.418 e. The third kappa shape index (κ3) is 2.04. The van der Waals surface area contributed by atoms with Gasteiger partial charge in [0.05, 0.1) is 15.8 Å². The summed E-state index contributed by atoms with van der Waals surface area (Å²) in [6.07, 6.45) is -4.47. The van der Waals surface area contributed by atoms with Gasteiger partial charge in [-0.15, -0.1) is 11.3 Å². The van der Waals surface area contributed by atoms with Gasteiger partial charge < -0.3 is 0 Å². The van der Waals surface area contributed by atoms with E-state index in [2.05, 4.69) is 4.98 Å². The van der Waals surface area contributed by atoms with Crippen LogP contribution in [0.1, 0.15) is 5.56 Å². The quantitative estimate of drug-likeness (QED) is 0.681. The minimum atomic E-state index is -4.47. The topological polar surface area (TPSA) is 12.9 Å². The second kappa shape index (κ2) is 3.50. The number of rotatable bonds is 0. The first-order valence-corrected chi connectivity index (χ1v) is 5.28. The predicted molar refractivity (Wildman–Crippen MR) is 54.6 cm³/mol. The molecule has 0 saturated heterocycles. The Morgan fingerprint density at radius 1 is 1.20 bits per heavy atom. The van der Waals surface area contributed by atoms with Crippen LogP contribution in [0.25, 0.3) is 10.2 Å². The van der Waals surface area contributed by atoms with Gasteiger partial charge in [-0.05, 0) is 12.1 Å². The molecule has 15 heavy (non-hydrogen) atoms. The number of halogens is 5. The normalized spacial score (nSPS) is 12.3. The summed E-state index contributed by atoms with van der Waals surface area (Å²) in [5.74, 6) is 0. The average molecular weight is 272 g/mol. The van der Waals surface area contributed by atoms with Crippen LogP contribution in [0.5, 0.6) is 0 Å². The Kier molecular flexibility index (Phi) is 2.56. The highest BCUT2D eigenvalue weighted by atomic mass is 35.5. The van der Waals surface area contributed by atoms with Crippen molar-refractivity contribution < 1.29 is 13.2 Å². The first-order chi connectivity index (χ1) is 6.88. The summed E-state index contributed by atoms with van der Waals surface area (Å²) in [5.41, 5.74) is -1.00. The van der Waals surface area contributed by atoms with E-state index in [0.717, 1.165) is 17.4 Å². The van der Waals surface area contributed by atoms with E-state index in [1.54, 1.807) is 0 Å². The van der Waals surface area contributed by atoms with Gasteiger partial charge in [0.2, 0.25) is 0 Å². The molecule has 1 heterocycles. The van der Waals surface area contributed by atoms with Crippen LogP contribution in [0.2, 0.25) is 9.49 Å². The van der Waals surface area contributed by atoms with Crippen molar-refractivity contribution in [2.45, 2.75) is 6.18 Å². The zero-order chi connectivity index (χ0) is 11.2. The molecular weight excluding hydrogens is 270 g/mol. The van der Waals surface area contributed by atoms with Crippen molar-refractivity contribution in [3.63, 3.8) is 0 Å². The van der Waals surface area contributed by atoms with Gasteiger partial charge in [-0.2, -0.15) is 13.2 Å². The molecule has 0 unspecified atom stereocenters. The molecule has 0 bridgehead atoms. The van der Waals surface area contributed by atoms with E-state index in [1.807, 2.05) is 0 Å². The number of alkyl halides is 3. The molecule has 0 saturated carbocycles. The van der Waals surface area contributed by atoms with Crippen LogP contribution in [-0.4, -0.2) is 4.98 Å². The monoisotopic (exact) mass is 271 g/mol. The Balaban J connectivity index is 2.82. The van der Waals surface area contributed by atoms with E-state index < -0.39 is 11.7 Å². The molecule has 7 heteroatoms. The first-order valence-electron chi connectivity index (χ1n) is 3.71. The van der Waals surface area contributed by atoms with E-state index in [4.69, 9.17) is 23.2 Å². The average Bonchev–Trinajstić information content (AvgIpc) is 2.41. The number of hydrogen-bond acceptors (Lipinski definition) is 2. The molecule has 0 radical (unpaired) electrons. The summed E-state index contributed by atoms with van der Waals surface area (Å²) in [4.78, 5) is 3.63. The van der Waals surface area contributed by atoms with Crippen molar-refractivity contribution in [2.75, 3.05) is 0 Å². The molecule has 0 fully saturated rings. The molecule has 2 aromatic rings. The molecule has 0 N–H and O–H groups in total. The number of aromatic nitrogens is 1. The Bertz CT molecular complexity index is 520. The summed E-state index contributed by atoms with van der Waals surface area (Å²) in [6.45, 7) is 0. The molecule has 2 rings (SSSR count). The van der Waals surface area contributed by atoms with Crippen LogP contribution < -0.4 is 0 Å². The van der Waals surface area contributed by atoms with Gasteiger partial charge in [0.1, 0.15) is 0 Å². The summed E-state index contributed by atoms with van der Waals surface area (Å²) in [7, 11) is 0.